The van der Waals surface area contributed by atoms with E-state index >= 15 is 0 Å². The zero-order chi connectivity index (χ0) is 23.1. The van der Waals surface area contributed by atoms with Gasteiger partial charge in [0.25, 0.3) is 0 Å². The number of benzene rings is 1. The second-order valence-corrected chi connectivity index (χ2v) is 7.78. The van der Waals surface area contributed by atoms with E-state index in [0.29, 0.717) is 30.1 Å². The van der Waals surface area contributed by atoms with E-state index in [0.717, 1.165) is 5.69 Å². The fraction of sp³-hybridized carbons (Fsp3) is 0.292. The average molecular weight is 434 g/mol. The van der Waals surface area contributed by atoms with Gasteiger partial charge >= 0.3 is 6.03 Å². The van der Waals surface area contributed by atoms with Crippen molar-refractivity contribution in [2.45, 2.75) is 33.0 Å². The molecule has 1 N–H and O–H groups in total. The number of urea groups is 1. The Kier molecular flexibility index (Phi) is 7.34. The summed E-state index contributed by atoms with van der Waals surface area (Å²) < 4.78 is 7.40. The van der Waals surface area contributed by atoms with E-state index in [1.807, 2.05) is 55.9 Å². The smallest absolute Gasteiger partial charge is 0.322 e. The molecular formula is C24H27N5O3. The van der Waals surface area contributed by atoms with E-state index in [2.05, 4.69) is 5.32 Å². The first-order valence-corrected chi connectivity index (χ1v) is 10.4. The Morgan fingerprint density at radius 3 is 2.44 bits per heavy atom. The lowest BCUT2D eigenvalue weighted by Gasteiger charge is -2.30. The lowest BCUT2D eigenvalue weighted by atomic mass is 10.2. The van der Waals surface area contributed by atoms with Gasteiger partial charge < -0.3 is 24.1 Å². The molecule has 0 aliphatic carbocycles. The third-order valence-corrected chi connectivity index (χ3v) is 5.14. The fourth-order valence-corrected chi connectivity index (χ4v) is 3.24. The van der Waals surface area contributed by atoms with E-state index in [1.165, 1.54) is 4.90 Å². The van der Waals surface area contributed by atoms with Crippen molar-refractivity contribution in [1.82, 2.24) is 14.4 Å². The summed E-state index contributed by atoms with van der Waals surface area (Å²) >= 11 is 0. The molecule has 32 heavy (non-hydrogen) atoms. The zero-order valence-electron chi connectivity index (χ0n) is 18.5. The second kappa shape index (κ2) is 10.4. The quantitative estimate of drug-likeness (QED) is 0.582. The second-order valence-electron chi connectivity index (χ2n) is 7.78. The molecule has 3 amide bonds. The minimum absolute atomic E-state index is 0.0785. The number of carbonyl (C=O) groups is 2. The summed E-state index contributed by atoms with van der Waals surface area (Å²) in [6, 6.07) is 15.5. The van der Waals surface area contributed by atoms with Crippen molar-refractivity contribution in [2.24, 2.45) is 7.05 Å². The summed E-state index contributed by atoms with van der Waals surface area (Å²) in [4.78, 5) is 29.4. The molecule has 0 saturated carbocycles. The van der Waals surface area contributed by atoms with E-state index in [-0.39, 0.29) is 24.5 Å². The van der Waals surface area contributed by atoms with Crippen LogP contribution in [0, 0.1) is 11.3 Å². The molecule has 3 aromatic rings. The number of furan rings is 1. The first-order chi connectivity index (χ1) is 15.4. The van der Waals surface area contributed by atoms with Crippen LogP contribution in [0.1, 0.15) is 30.9 Å². The minimum atomic E-state index is -0.380. The molecule has 3 rings (SSSR count). The normalized spacial score (nSPS) is 10.6. The van der Waals surface area contributed by atoms with E-state index in [4.69, 9.17) is 9.68 Å². The Hall–Kier alpha value is -3.99. The summed E-state index contributed by atoms with van der Waals surface area (Å²) in [6.45, 7) is 4.34. The first kappa shape index (κ1) is 22.7. The van der Waals surface area contributed by atoms with Gasteiger partial charge in [-0.2, -0.15) is 5.26 Å². The topological polar surface area (TPSA) is 94.5 Å². The van der Waals surface area contributed by atoms with Crippen LogP contribution in [0.15, 0.2) is 65.4 Å². The molecule has 2 aromatic heterocycles. The lowest BCUT2D eigenvalue weighted by molar-refractivity contribution is -0.133. The number of amides is 3. The van der Waals surface area contributed by atoms with Gasteiger partial charge in [0.1, 0.15) is 12.3 Å². The highest BCUT2D eigenvalue weighted by Gasteiger charge is 2.25. The molecule has 0 saturated heterocycles. The van der Waals surface area contributed by atoms with E-state index in [9.17, 15) is 9.59 Å². The number of carbonyl (C=O) groups excluding carboxylic acids is 2. The van der Waals surface area contributed by atoms with Gasteiger partial charge in [-0.3, -0.25) is 4.79 Å². The van der Waals surface area contributed by atoms with E-state index in [1.54, 1.807) is 41.5 Å². The molecule has 166 valence electrons. The Morgan fingerprint density at radius 1 is 1.12 bits per heavy atom. The van der Waals surface area contributed by atoms with Gasteiger partial charge in [0.2, 0.25) is 5.91 Å². The van der Waals surface area contributed by atoms with Crippen LogP contribution in [0.5, 0.6) is 0 Å². The summed E-state index contributed by atoms with van der Waals surface area (Å²) in [5.74, 6) is 0.483. The van der Waals surface area contributed by atoms with Gasteiger partial charge in [0.05, 0.1) is 31.0 Å². The van der Waals surface area contributed by atoms with Gasteiger partial charge in [-0.15, -0.1) is 0 Å². The van der Waals surface area contributed by atoms with Crippen molar-refractivity contribution in [3.8, 4) is 6.07 Å². The number of hydrogen-bond donors (Lipinski definition) is 1. The third kappa shape index (κ3) is 5.79. The SMILES string of the molecule is CC(C)N(CC(=O)N(Cc1ccco1)Cc1cccn1C)C(=O)Nc1ccc(C#N)cc1. The Morgan fingerprint density at radius 2 is 1.88 bits per heavy atom. The maximum atomic E-state index is 13.3. The number of nitrogens with one attached hydrogen (secondary N) is 1. The van der Waals surface area contributed by atoms with Crippen molar-refractivity contribution >= 4 is 17.6 Å². The molecule has 0 fully saturated rings. The predicted molar refractivity (Wildman–Crippen MR) is 120 cm³/mol. The Balaban J connectivity index is 1.73. The van der Waals surface area contributed by atoms with Crippen LogP contribution < -0.4 is 5.32 Å². The first-order valence-electron chi connectivity index (χ1n) is 10.4. The van der Waals surface area contributed by atoms with Crippen molar-refractivity contribution in [3.63, 3.8) is 0 Å². The number of aryl methyl sites for hydroxylation is 1. The van der Waals surface area contributed by atoms with Crippen molar-refractivity contribution < 1.29 is 14.0 Å². The monoisotopic (exact) mass is 433 g/mol. The molecule has 0 unspecified atom stereocenters. The highest BCUT2D eigenvalue weighted by molar-refractivity contribution is 5.92. The number of nitriles is 1. The van der Waals surface area contributed by atoms with Crippen LogP contribution in [0.25, 0.3) is 0 Å². The average Bonchev–Trinajstić information content (AvgIpc) is 3.43. The lowest BCUT2D eigenvalue weighted by Crippen LogP contribution is -2.47. The molecule has 8 heteroatoms. The molecule has 0 spiro atoms. The number of anilines is 1. The molecule has 0 bridgehead atoms. The maximum absolute atomic E-state index is 13.3. The van der Waals surface area contributed by atoms with Crippen molar-refractivity contribution in [1.29, 1.82) is 5.26 Å². The highest BCUT2D eigenvalue weighted by Crippen LogP contribution is 2.14. The molecule has 2 heterocycles. The molecule has 0 aliphatic rings. The van der Waals surface area contributed by atoms with Gasteiger partial charge in [-0.1, -0.05) is 0 Å². The van der Waals surface area contributed by atoms with Crippen molar-refractivity contribution in [2.75, 3.05) is 11.9 Å². The summed E-state index contributed by atoms with van der Waals surface area (Å²) in [5.41, 5.74) is 2.04. The van der Waals surface area contributed by atoms with Crippen LogP contribution in [-0.2, 0) is 24.9 Å². The van der Waals surface area contributed by atoms with E-state index < -0.39 is 0 Å². The summed E-state index contributed by atoms with van der Waals surface area (Å²) in [6.07, 6.45) is 3.50. The van der Waals surface area contributed by atoms with Crippen LogP contribution in [0.3, 0.4) is 0 Å². The van der Waals surface area contributed by atoms with Crippen LogP contribution in [0.2, 0.25) is 0 Å². The van der Waals surface area contributed by atoms with Crippen LogP contribution in [0.4, 0.5) is 10.5 Å². The standard InChI is InChI=1S/C24H27N5O3/c1-18(2)29(24(31)26-20-10-8-19(14-25)9-11-20)17-23(30)28(16-22-7-5-13-32-22)15-21-6-4-12-27(21)3/h4-13,18H,15-17H2,1-3H3,(H,26,31). The zero-order valence-corrected chi connectivity index (χ0v) is 18.5. The number of nitrogens with zero attached hydrogens (tertiary/aromatic N) is 4. The summed E-state index contributed by atoms with van der Waals surface area (Å²) in [7, 11) is 1.93. The maximum Gasteiger partial charge on any atom is 0.322 e. The molecule has 0 aliphatic heterocycles. The van der Waals surface area contributed by atoms with Crippen LogP contribution in [-0.4, -0.2) is 38.9 Å². The fourth-order valence-electron chi connectivity index (χ4n) is 3.24. The Bertz CT molecular complexity index is 1080. The number of rotatable bonds is 8. The summed E-state index contributed by atoms with van der Waals surface area (Å²) in [5, 5.41) is 11.7. The third-order valence-electron chi connectivity index (χ3n) is 5.14. The largest absolute Gasteiger partial charge is 0.467 e. The van der Waals surface area contributed by atoms with Gasteiger partial charge in [-0.05, 0) is 62.4 Å². The van der Waals surface area contributed by atoms with Crippen molar-refractivity contribution in [3.05, 3.63) is 78.0 Å². The molecule has 0 radical (unpaired) electrons. The molecule has 8 nitrogen and oxygen atoms in total. The minimum Gasteiger partial charge on any atom is -0.467 e. The molecule has 0 atom stereocenters. The van der Waals surface area contributed by atoms with Gasteiger partial charge in [0, 0.05) is 30.7 Å². The van der Waals surface area contributed by atoms with Crippen LogP contribution >= 0.6 is 0 Å². The highest BCUT2D eigenvalue weighted by atomic mass is 16.3. The Labute approximate surface area is 187 Å². The number of aromatic nitrogens is 1. The number of hydrogen-bond acceptors (Lipinski definition) is 4. The van der Waals surface area contributed by atoms with Gasteiger partial charge in [0.15, 0.2) is 0 Å². The molecular weight excluding hydrogens is 406 g/mol. The molecule has 1 aromatic carbocycles. The predicted octanol–water partition coefficient (Wildman–Crippen LogP) is 3.96. The van der Waals surface area contributed by atoms with Gasteiger partial charge in [-0.25, -0.2) is 4.79 Å².